The van der Waals surface area contributed by atoms with Crippen LogP contribution in [-0.4, -0.2) is 23.3 Å². The monoisotopic (exact) mass is 255 g/mol. The zero-order chi connectivity index (χ0) is 12.5. The second-order valence-electron chi connectivity index (χ2n) is 4.53. The van der Waals surface area contributed by atoms with Crippen LogP contribution < -0.4 is 5.32 Å². The van der Waals surface area contributed by atoms with Gasteiger partial charge in [-0.05, 0) is 25.9 Å². The van der Waals surface area contributed by atoms with Crippen molar-refractivity contribution >= 4 is 11.3 Å². The number of nitrogens with zero attached hydrogens (tertiary/aromatic N) is 2. The lowest BCUT2D eigenvalue weighted by Crippen LogP contribution is -2.14. The van der Waals surface area contributed by atoms with Crippen molar-refractivity contribution in [3.8, 4) is 0 Å². The molecule has 1 N–H and O–H groups in total. The maximum absolute atomic E-state index is 4.32. The molecule has 0 amide bonds. The maximum atomic E-state index is 4.32. The Morgan fingerprint density at radius 1 is 1.24 bits per heavy atom. The Morgan fingerprint density at radius 3 is 2.76 bits per heavy atom. The van der Waals surface area contributed by atoms with Gasteiger partial charge >= 0.3 is 0 Å². The van der Waals surface area contributed by atoms with Gasteiger partial charge in [0.25, 0.3) is 0 Å². The molecule has 0 aliphatic rings. The van der Waals surface area contributed by atoms with Gasteiger partial charge in [-0.15, -0.1) is 21.5 Å². The van der Waals surface area contributed by atoms with Crippen molar-refractivity contribution in [2.24, 2.45) is 0 Å². The fraction of sp³-hybridized carbons (Fsp3) is 0.846. The number of rotatable bonds is 9. The lowest BCUT2D eigenvalue weighted by atomic mass is 10.1. The summed E-state index contributed by atoms with van der Waals surface area (Å²) in [5, 5.41) is 14.3. The Morgan fingerprint density at radius 2 is 2.06 bits per heavy atom. The average Bonchev–Trinajstić information content (AvgIpc) is 2.80. The number of aryl methyl sites for hydroxylation is 1. The first-order valence-electron chi connectivity index (χ1n) is 6.80. The quantitative estimate of drug-likeness (QED) is 0.687. The van der Waals surface area contributed by atoms with Crippen LogP contribution in [0.15, 0.2) is 0 Å². The minimum atomic E-state index is 0.579. The van der Waals surface area contributed by atoms with E-state index in [1.54, 1.807) is 11.3 Å². The van der Waals surface area contributed by atoms with Crippen molar-refractivity contribution in [3.63, 3.8) is 0 Å². The molecule has 0 saturated heterocycles. The maximum Gasteiger partial charge on any atom is 0.120 e. The molecule has 98 valence electrons. The zero-order valence-corrected chi connectivity index (χ0v) is 12.1. The Hall–Kier alpha value is -0.480. The Kier molecular flexibility index (Phi) is 7.37. The largest absolute Gasteiger partial charge is 0.317 e. The van der Waals surface area contributed by atoms with E-state index in [9.17, 15) is 0 Å². The van der Waals surface area contributed by atoms with Crippen LogP contribution >= 0.6 is 11.3 Å². The van der Waals surface area contributed by atoms with Crippen LogP contribution in [0.3, 0.4) is 0 Å². The van der Waals surface area contributed by atoms with Crippen molar-refractivity contribution in [1.82, 2.24) is 15.5 Å². The molecule has 0 fully saturated rings. The van der Waals surface area contributed by atoms with E-state index in [2.05, 4.69) is 36.3 Å². The van der Waals surface area contributed by atoms with Crippen molar-refractivity contribution in [3.05, 3.63) is 10.0 Å². The molecule has 1 heterocycles. The number of hydrogen-bond acceptors (Lipinski definition) is 4. The molecule has 0 saturated carbocycles. The number of nitrogens with one attached hydrogen (secondary N) is 1. The highest BCUT2D eigenvalue weighted by molar-refractivity contribution is 7.11. The summed E-state index contributed by atoms with van der Waals surface area (Å²) in [5.41, 5.74) is 0. The first kappa shape index (κ1) is 14.6. The van der Waals surface area contributed by atoms with Crippen LogP contribution in [0.5, 0.6) is 0 Å². The third-order valence-electron chi connectivity index (χ3n) is 2.89. The molecule has 0 bridgehead atoms. The second kappa shape index (κ2) is 8.59. The topological polar surface area (TPSA) is 37.8 Å². The van der Waals surface area contributed by atoms with Crippen LogP contribution in [-0.2, 0) is 6.42 Å². The van der Waals surface area contributed by atoms with E-state index in [4.69, 9.17) is 0 Å². The lowest BCUT2D eigenvalue weighted by molar-refractivity contribution is 0.615. The van der Waals surface area contributed by atoms with Gasteiger partial charge in [-0.2, -0.15) is 0 Å². The van der Waals surface area contributed by atoms with Gasteiger partial charge in [0, 0.05) is 12.3 Å². The normalized spacial score (nSPS) is 12.9. The second-order valence-corrected chi connectivity index (χ2v) is 5.63. The van der Waals surface area contributed by atoms with Gasteiger partial charge in [-0.3, -0.25) is 0 Å². The molecule has 0 aliphatic carbocycles. The summed E-state index contributed by atoms with van der Waals surface area (Å²) in [6.07, 6.45) is 6.01. The summed E-state index contributed by atoms with van der Waals surface area (Å²) in [5.74, 6) is 0.579. The number of hydrogen-bond donors (Lipinski definition) is 1. The number of unbranched alkanes of at least 4 members (excludes halogenated alkanes) is 1. The lowest BCUT2D eigenvalue weighted by Gasteiger charge is -2.04. The third-order valence-corrected chi connectivity index (χ3v) is 4.10. The van der Waals surface area contributed by atoms with Crippen LogP contribution in [0.1, 0.15) is 62.4 Å². The van der Waals surface area contributed by atoms with Crippen molar-refractivity contribution in [2.45, 2.75) is 58.8 Å². The molecular weight excluding hydrogens is 230 g/mol. The fourth-order valence-electron chi connectivity index (χ4n) is 1.74. The molecule has 1 unspecified atom stereocenters. The van der Waals surface area contributed by atoms with E-state index >= 15 is 0 Å². The van der Waals surface area contributed by atoms with E-state index in [0.29, 0.717) is 5.92 Å². The van der Waals surface area contributed by atoms with Crippen LogP contribution in [0.25, 0.3) is 0 Å². The smallest absolute Gasteiger partial charge is 0.120 e. The predicted molar refractivity (Wildman–Crippen MR) is 74.7 cm³/mol. The van der Waals surface area contributed by atoms with Crippen LogP contribution in [0.2, 0.25) is 0 Å². The molecule has 0 spiro atoms. The SMILES string of the molecule is CCCCC(C)c1nnc(CCCNCC)s1. The summed E-state index contributed by atoms with van der Waals surface area (Å²) < 4.78 is 0. The fourth-order valence-corrected chi connectivity index (χ4v) is 2.71. The van der Waals surface area contributed by atoms with Gasteiger partial charge in [-0.25, -0.2) is 0 Å². The minimum Gasteiger partial charge on any atom is -0.317 e. The first-order valence-corrected chi connectivity index (χ1v) is 7.62. The van der Waals surface area contributed by atoms with Crippen molar-refractivity contribution in [2.75, 3.05) is 13.1 Å². The molecule has 1 atom stereocenters. The molecule has 1 aromatic heterocycles. The van der Waals surface area contributed by atoms with Gasteiger partial charge in [0.1, 0.15) is 10.0 Å². The molecule has 0 aromatic carbocycles. The van der Waals surface area contributed by atoms with Gasteiger partial charge in [-0.1, -0.05) is 33.6 Å². The van der Waals surface area contributed by atoms with Gasteiger partial charge < -0.3 is 5.32 Å². The first-order chi connectivity index (χ1) is 8.27. The Balaban J connectivity index is 2.31. The van der Waals surface area contributed by atoms with Crippen molar-refractivity contribution < 1.29 is 0 Å². The summed E-state index contributed by atoms with van der Waals surface area (Å²) in [6.45, 7) is 8.77. The van der Waals surface area contributed by atoms with E-state index in [-0.39, 0.29) is 0 Å². The van der Waals surface area contributed by atoms with E-state index in [1.165, 1.54) is 29.3 Å². The molecule has 0 aliphatic heterocycles. The molecule has 17 heavy (non-hydrogen) atoms. The summed E-state index contributed by atoms with van der Waals surface area (Å²) >= 11 is 1.80. The third kappa shape index (κ3) is 5.59. The molecule has 4 heteroatoms. The van der Waals surface area contributed by atoms with Crippen LogP contribution in [0.4, 0.5) is 0 Å². The van der Waals surface area contributed by atoms with Crippen molar-refractivity contribution in [1.29, 1.82) is 0 Å². The number of aromatic nitrogens is 2. The van der Waals surface area contributed by atoms with E-state index in [1.807, 2.05) is 0 Å². The molecule has 0 radical (unpaired) electrons. The standard InChI is InChI=1S/C13H25N3S/c1-4-6-8-11(3)13-16-15-12(17-13)9-7-10-14-5-2/h11,14H,4-10H2,1-3H3. The molecule has 3 nitrogen and oxygen atoms in total. The average molecular weight is 255 g/mol. The van der Waals surface area contributed by atoms with Gasteiger partial charge in [0.2, 0.25) is 0 Å². The Labute approximate surface area is 109 Å². The molecule has 1 aromatic rings. The van der Waals surface area contributed by atoms with Crippen LogP contribution in [0, 0.1) is 0 Å². The Bertz CT molecular complexity index is 299. The zero-order valence-electron chi connectivity index (χ0n) is 11.3. The minimum absolute atomic E-state index is 0.579. The molecular formula is C13H25N3S. The highest BCUT2D eigenvalue weighted by Crippen LogP contribution is 2.24. The van der Waals surface area contributed by atoms with Gasteiger partial charge in [0.05, 0.1) is 0 Å². The summed E-state index contributed by atoms with van der Waals surface area (Å²) in [4.78, 5) is 0. The van der Waals surface area contributed by atoms with Gasteiger partial charge in [0.15, 0.2) is 0 Å². The molecule has 1 rings (SSSR count). The highest BCUT2D eigenvalue weighted by atomic mass is 32.1. The summed E-state index contributed by atoms with van der Waals surface area (Å²) in [7, 11) is 0. The predicted octanol–water partition coefficient (Wildman–Crippen LogP) is 3.37. The van der Waals surface area contributed by atoms with E-state index < -0.39 is 0 Å². The van der Waals surface area contributed by atoms with E-state index in [0.717, 1.165) is 25.9 Å². The summed E-state index contributed by atoms with van der Waals surface area (Å²) in [6, 6.07) is 0. The highest BCUT2D eigenvalue weighted by Gasteiger charge is 2.11.